The molecule has 16 heavy (non-hydrogen) atoms. The Balaban J connectivity index is 2.89. The van der Waals surface area contributed by atoms with Gasteiger partial charge in [-0.05, 0) is 12.8 Å². The maximum atomic E-state index is 5.44. The summed E-state index contributed by atoms with van der Waals surface area (Å²) in [6.07, 6.45) is 5.12. The van der Waals surface area contributed by atoms with E-state index < -0.39 is 0 Å². The van der Waals surface area contributed by atoms with Gasteiger partial charge in [0.2, 0.25) is 0 Å². The molecule has 0 unspecified atom stereocenters. The van der Waals surface area contributed by atoms with E-state index in [0.717, 1.165) is 12.8 Å². The second-order valence-corrected chi connectivity index (χ2v) is 4.40. The van der Waals surface area contributed by atoms with Crippen LogP contribution in [0.5, 0.6) is 0 Å². The average Bonchev–Trinajstić information content (AvgIpc) is 2.33. The summed E-state index contributed by atoms with van der Waals surface area (Å²) in [5.41, 5.74) is -0.175. The van der Waals surface area contributed by atoms with Gasteiger partial charge in [0.25, 0.3) is 0 Å². The van der Waals surface area contributed by atoms with Gasteiger partial charge in [-0.1, -0.05) is 19.3 Å². The highest BCUT2D eigenvalue weighted by Crippen LogP contribution is 2.44. The number of ether oxygens (including phenoxy) is 4. The monoisotopic (exact) mass is 232 g/mol. The highest BCUT2D eigenvalue weighted by atomic mass is 16.7. The van der Waals surface area contributed by atoms with Gasteiger partial charge in [-0.3, -0.25) is 0 Å². The van der Waals surface area contributed by atoms with E-state index in [2.05, 4.69) is 0 Å². The second kappa shape index (κ2) is 6.55. The molecule has 0 spiro atoms. The summed E-state index contributed by atoms with van der Waals surface area (Å²) in [7, 11) is 6.69. The van der Waals surface area contributed by atoms with Crippen LogP contribution in [-0.2, 0) is 18.9 Å². The van der Waals surface area contributed by atoms with Gasteiger partial charge >= 0.3 is 0 Å². The summed E-state index contributed by atoms with van der Waals surface area (Å²) in [5.74, 6) is 0. The lowest BCUT2D eigenvalue weighted by atomic mass is 9.72. The van der Waals surface area contributed by atoms with E-state index in [4.69, 9.17) is 18.9 Å². The van der Waals surface area contributed by atoms with Crippen molar-refractivity contribution < 1.29 is 18.9 Å². The van der Waals surface area contributed by atoms with Crippen molar-refractivity contribution in [1.29, 1.82) is 0 Å². The van der Waals surface area contributed by atoms with E-state index in [9.17, 15) is 0 Å². The Hall–Kier alpha value is -0.160. The highest BCUT2D eigenvalue weighted by molar-refractivity contribution is 4.89. The van der Waals surface area contributed by atoms with Crippen LogP contribution in [0.3, 0.4) is 0 Å². The minimum atomic E-state index is -0.266. The zero-order valence-electron chi connectivity index (χ0n) is 10.8. The summed E-state index contributed by atoms with van der Waals surface area (Å²) in [5, 5.41) is 0. The van der Waals surface area contributed by atoms with Gasteiger partial charge in [-0.25, -0.2) is 0 Å². The molecule has 4 nitrogen and oxygen atoms in total. The summed E-state index contributed by atoms with van der Waals surface area (Å²) in [6.45, 7) is 0. The third kappa shape index (κ3) is 2.56. The molecule has 1 fully saturated rings. The minimum absolute atomic E-state index is 0.175. The Morgan fingerprint density at radius 1 is 0.688 bits per heavy atom. The summed E-state index contributed by atoms with van der Waals surface area (Å²) in [4.78, 5) is 0. The second-order valence-electron chi connectivity index (χ2n) is 4.40. The number of rotatable bonds is 6. The first kappa shape index (κ1) is 13.9. The Kier molecular flexibility index (Phi) is 5.69. The maximum Gasteiger partial charge on any atom is 0.167 e. The maximum absolute atomic E-state index is 5.44. The van der Waals surface area contributed by atoms with E-state index in [-0.39, 0.29) is 18.0 Å². The molecule has 4 heteroatoms. The summed E-state index contributed by atoms with van der Waals surface area (Å²) in [6, 6.07) is 0. The number of hydrogen-bond donors (Lipinski definition) is 0. The van der Waals surface area contributed by atoms with Crippen molar-refractivity contribution in [2.24, 2.45) is 5.41 Å². The molecule has 1 aliphatic carbocycles. The van der Waals surface area contributed by atoms with E-state index in [1.165, 1.54) is 19.3 Å². The molecule has 1 saturated carbocycles. The summed E-state index contributed by atoms with van der Waals surface area (Å²) < 4.78 is 21.8. The smallest absolute Gasteiger partial charge is 0.167 e. The predicted molar refractivity (Wildman–Crippen MR) is 61.1 cm³/mol. The van der Waals surface area contributed by atoms with E-state index in [0.29, 0.717) is 0 Å². The Bertz CT molecular complexity index is 167. The minimum Gasteiger partial charge on any atom is -0.355 e. The van der Waals surface area contributed by atoms with Crippen LogP contribution in [0.15, 0.2) is 0 Å². The molecule has 0 aromatic heterocycles. The molecule has 0 aliphatic heterocycles. The van der Waals surface area contributed by atoms with Crippen molar-refractivity contribution in [2.45, 2.75) is 44.7 Å². The largest absolute Gasteiger partial charge is 0.355 e. The van der Waals surface area contributed by atoms with Gasteiger partial charge in [-0.2, -0.15) is 0 Å². The zero-order valence-corrected chi connectivity index (χ0v) is 10.8. The van der Waals surface area contributed by atoms with Gasteiger partial charge in [-0.15, -0.1) is 0 Å². The lowest BCUT2D eigenvalue weighted by Gasteiger charge is -2.45. The fourth-order valence-corrected chi connectivity index (χ4v) is 2.92. The fraction of sp³-hybridized carbons (Fsp3) is 1.00. The molecule has 0 atom stereocenters. The van der Waals surface area contributed by atoms with Crippen molar-refractivity contribution >= 4 is 0 Å². The number of hydrogen-bond acceptors (Lipinski definition) is 4. The first-order chi connectivity index (χ1) is 7.75. The SMILES string of the molecule is COC(OC)C1(C(OC)OC)CCCCC1. The first-order valence-corrected chi connectivity index (χ1v) is 5.86. The van der Waals surface area contributed by atoms with Crippen LogP contribution in [0.2, 0.25) is 0 Å². The van der Waals surface area contributed by atoms with Crippen molar-refractivity contribution in [1.82, 2.24) is 0 Å². The van der Waals surface area contributed by atoms with Crippen molar-refractivity contribution in [2.75, 3.05) is 28.4 Å². The summed E-state index contributed by atoms with van der Waals surface area (Å²) >= 11 is 0. The number of methoxy groups -OCH3 is 4. The fourth-order valence-electron chi connectivity index (χ4n) is 2.92. The Morgan fingerprint density at radius 3 is 1.38 bits per heavy atom. The molecule has 0 amide bonds. The molecule has 1 aliphatic rings. The van der Waals surface area contributed by atoms with Crippen LogP contribution in [0, 0.1) is 5.41 Å². The van der Waals surface area contributed by atoms with Crippen LogP contribution in [0.4, 0.5) is 0 Å². The highest BCUT2D eigenvalue weighted by Gasteiger charge is 2.48. The molecule has 0 saturated heterocycles. The van der Waals surface area contributed by atoms with E-state index >= 15 is 0 Å². The van der Waals surface area contributed by atoms with Crippen LogP contribution in [0.1, 0.15) is 32.1 Å². The van der Waals surface area contributed by atoms with Crippen molar-refractivity contribution in [3.63, 3.8) is 0 Å². The molecule has 0 radical (unpaired) electrons. The van der Waals surface area contributed by atoms with Gasteiger partial charge in [0, 0.05) is 28.4 Å². The normalized spacial score (nSPS) is 20.6. The predicted octanol–water partition coefficient (Wildman–Crippen LogP) is 2.17. The van der Waals surface area contributed by atoms with Gasteiger partial charge in [0.15, 0.2) is 12.6 Å². The van der Waals surface area contributed by atoms with Crippen molar-refractivity contribution in [3.8, 4) is 0 Å². The molecule has 0 aromatic rings. The molecule has 0 bridgehead atoms. The lowest BCUT2D eigenvalue weighted by molar-refractivity contribution is -0.280. The molecular weight excluding hydrogens is 208 g/mol. The van der Waals surface area contributed by atoms with Crippen LogP contribution < -0.4 is 0 Å². The lowest BCUT2D eigenvalue weighted by Crippen LogP contribution is -2.50. The quantitative estimate of drug-likeness (QED) is 0.658. The third-order valence-electron chi connectivity index (χ3n) is 3.58. The zero-order chi connectivity index (χ0) is 12.0. The van der Waals surface area contributed by atoms with E-state index in [1.807, 2.05) is 0 Å². The topological polar surface area (TPSA) is 36.9 Å². The van der Waals surface area contributed by atoms with Crippen LogP contribution in [-0.4, -0.2) is 41.0 Å². The first-order valence-electron chi connectivity index (χ1n) is 5.86. The van der Waals surface area contributed by atoms with Gasteiger partial charge in [0.1, 0.15) is 0 Å². The molecule has 0 N–H and O–H groups in total. The van der Waals surface area contributed by atoms with Gasteiger partial charge < -0.3 is 18.9 Å². The molecular formula is C12H24O4. The molecule has 1 rings (SSSR count). The van der Waals surface area contributed by atoms with Crippen molar-refractivity contribution in [3.05, 3.63) is 0 Å². The Labute approximate surface area is 98.2 Å². The molecule has 0 heterocycles. The molecule has 96 valence electrons. The van der Waals surface area contributed by atoms with Crippen LogP contribution in [0.25, 0.3) is 0 Å². The van der Waals surface area contributed by atoms with Crippen LogP contribution >= 0.6 is 0 Å². The average molecular weight is 232 g/mol. The van der Waals surface area contributed by atoms with Gasteiger partial charge in [0.05, 0.1) is 5.41 Å². The molecule has 0 aromatic carbocycles. The third-order valence-corrected chi connectivity index (χ3v) is 3.58. The van der Waals surface area contributed by atoms with E-state index in [1.54, 1.807) is 28.4 Å². The Morgan fingerprint density at radius 2 is 1.06 bits per heavy atom. The standard InChI is InChI=1S/C12H24O4/c1-13-10(14-2)12(11(15-3)16-4)8-6-5-7-9-12/h10-11H,5-9H2,1-4H3.